The maximum Gasteiger partial charge on any atom is 0.573 e. The molecule has 6 nitrogen and oxygen atoms in total. The number of halogens is 3. The second kappa shape index (κ2) is 12.5. The summed E-state index contributed by atoms with van der Waals surface area (Å²) in [6, 6.07) is 18.4. The van der Waals surface area contributed by atoms with Crippen LogP contribution in [-0.2, 0) is 9.53 Å². The number of carbonyl (C=O) groups is 2. The SMILES string of the molecule is COC(=O)CCNC(=O)c1ccc(C(Oc2ccc(-c3ccc(OC(F)(F)F)cc3)c(C)c2)C(C)C)cc1. The predicted octanol–water partition coefficient (Wildman–Crippen LogP) is 6.63. The van der Waals surface area contributed by atoms with E-state index in [9.17, 15) is 22.8 Å². The van der Waals surface area contributed by atoms with Crippen molar-refractivity contribution in [1.82, 2.24) is 5.32 Å². The van der Waals surface area contributed by atoms with Gasteiger partial charge in [0.2, 0.25) is 0 Å². The molecule has 0 aliphatic carbocycles. The van der Waals surface area contributed by atoms with Crippen molar-refractivity contribution in [3.63, 3.8) is 0 Å². The fourth-order valence-corrected chi connectivity index (χ4v) is 3.91. The van der Waals surface area contributed by atoms with E-state index in [-0.39, 0.29) is 36.6 Å². The van der Waals surface area contributed by atoms with Crippen LogP contribution in [0.2, 0.25) is 0 Å². The van der Waals surface area contributed by atoms with Gasteiger partial charge in [-0.1, -0.05) is 44.2 Å². The maximum absolute atomic E-state index is 12.4. The number of nitrogens with one attached hydrogen (secondary N) is 1. The Morgan fingerprint density at radius 1 is 0.921 bits per heavy atom. The van der Waals surface area contributed by atoms with E-state index in [1.54, 1.807) is 24.3 Å². The molecule has 3 aromatic rings. The Balaban J connectivity index is 1.69. The lowest BCUT2D eigenvalue weighted by atomic mass is 9.97. The molecule has 1 unspecified atom stereocenters. The Bertz CT molecular complexity index is 1240. The largest absolute Gasteiger partial charge is 0.573 e. The van der Waals surface area contributed by atoms with Crippen molar-refractivity contribution in [1.29, 1.82) is 0 Å². The van der Waals surface area contributed by atoms with Gasteiger partial charge in [-0.05, 0) is 71.5 Å². The van der Waals surface area contributed by atoms with E-state index < -0.39 is 12.3 Å². The minimum atomic E-state index is -4.73. The molecule has 0 aromatic heterocycles. The lowest BCUT2D eigenvalue weighted by Gasteiger charge is -2.24. The Labute approximate surface area is 219 Å². The highest BCUT2D eigenvalue weighted by Gasteiger charge is 2.31. The average molecular weight is 530 g/mol. The van der Waals surface area contributed by atoms with Crippen LogP contribution in [-0.4, -0.2) is 31.9 Å². The number of amides is 1. The summed E-state index contributed by atoms with van der Waals surface area (Å²) in [6.45, 7) is 6.15. The van der Waals surface area contributed by atoms with Crippen LogP contribution in [0.5, 0.6) is 11.5 Å². The van der Waals surface area contributed by atoms with Crippen molar-refractivity contribution >= 4 is 11.9 Å². The first-order valence-electron chi connectivity index (χ1n) is 12.1. The first-order chi connectivity index (χ1) is 18.0. The molecule has 202 valence electrons. The minimum absolute atomic E-state index is 0.0968. The zero-order valence-electron chi connectivity index (χ0n) is 21.6. The number of alkyl halides is 3. The van der Waals surface area contributed by atoms with Gasteiger partial charge < -0.3 is 19.5 Å². The topological polar surface area (TPSA) is 73.9 Å². The standard InChI is InChI=1S/C29H30F3NO5/c1-18(2)27(21-5-7-22(8-6-21)28(35)33-16-15-26(34)36-4)37-24-13-14-25(19(3)17-24)20-9-11-23(12-10-20)38-29(30,31)32/h5-14,17-18,27H,15-16H2,1-4H3,(H,33,35). The summed E-state index contributed by atoms with van der Waals surface area (Å²) in [6.07, 6.45) is -4.92. The van der Waals surface area contributed by atoms with Crippen molar-refractivity contribution in [2.45, 2.75) is 39.7 Å². The zero-order chi connectivity index (χ0) is 27.9. The van der Waals surface area contributed by atoms with Crippen molar-refractivity contribution in [3.05, 3.63) is 83.4 Å². The van der Waals surface area contributed by atoms with Crippen LogP contribution in [0.25, 0.3) is 11.1 Å². The number of benzene rings is 3. The molecular weight excluding hydrogens is 499 g/mol. The van der Waals surface area contributed by atoms with Gasteiger partial charge in [0.25, 0.3) is 5.91 Å². The van der Waals surface area contributed by atoms with Crippen LogP contribution >= 0.6 is 0 Å². The van der Waals surface area contributed by atoms with E-state index in [0.717, 1.165) is 22.3 Å². The van der Waals surface area contributed by atoms with Gasteiger partial charge in [0.1, 0.15) is 17.6 Å². The van der Waals surface area contributed by atoms with E-state index in [1.165, 1.54) is 19.2 Å². The van der Waals surface area contributed by atoms with Crippen LogP contribution in [0.4, 0.5) is 13.2 Å². The summed E-state index contributed by atoms with van der Waals surface area (Å²) in [5.41, 5.74) is 3.87. The van der Waals surface area contributed by atoms with Gasteiger partial charge in [0.05, 0.1) is 13.5 Å². The van der Waals surface area contributed by atoms with Gasteiger partial charge in [-0.3, -0.25) is 9.59 Å². The van der Waals surface area contributed by atoms with Gasteiger partial charge in [0, 0.05) is 12.1 Å². The number of esters is 1. The molecule has 0 bridgehead atoms. The molecule has 0 fully saturated rings. The summed E-state index contributed by atoms with van der Waals surface area (Å²) in [5.74, 6) is -0.188. The fourth-order valence-electron chi connectivity index (χ4n) is 3.91. The summed E-state index contributed by atoms with van der Waals surface area (Å²) in [5, 5.41) is 2.69. The predicted molar refractivity (Wildman–Crippen MR) is 137 cm³/mol. The van der Waals surface area contributed by atoms with Crippen LogP contribution in [0.1, 0.15) is 47.9 Å². The number of carbonyl (C=O) groups excluding carboxylic acids is 2. The lowest BCUT2D eigenvalue weighted by Crippen LogP contribution is -2.26. The van der Waals surface area contributed by atoms with Gasteiger partial charge in [0.15, 0.2) is 0 Å². The van der Waals surface area contributed by atoms with Crippen molar-refractivity contribution in [3.8, 4) is 22.6 Å². The molecule has 3 rings (SSSR count). The number of hydrogen-bond donors (Lipinski definition) is 1. The number of aryl methyl sites for hydroxylation is 1. The van der Waals surface area contributed by atoms with Gasteiger partial charge in [-0.25, -0.2) is 0 Å². The average Bonchev–Trinajstić information content (AvgIpc) is 2.87. The number of rotatable bonds is 10. The third kappa shape index (κ3) is 7.99. The molecule has 0 heterocycles. The normalized spacial score (nSPS) is 12.1. The Hall–Kier alpha value is -4.01. The molecular formula is C29H30F3NO5. The van der Waals surface area contributed by atoms with Crippen LogP contribution in [0, 0.1) is 12.8 Å². The third-order valence-corrected chi connectivity index (χ3v) is 5.81. The lowest BCUT2D eigenvalue weighted by molar-refractivity contribution is -0.274. The smallest absolute Gasteiger partial charge is 0.485 e. The molecule has 3 aromatic carbocycles. The molecule has 0 radical (unpaired) electrons. The molecule has 0 spiro atoms. The first-order valence-corrected chi connectivity index (χ1v) is 12.1. The molecule has 0 aliphatic heterocycles. The van der Waals surface area contributed by atoms with Crippen LogP contribution in [0.15, 0.2) is 66.7 Å². The molecule has 0 saturated carbocycles. The highest BCUT2D eigenvalue weighted by molar-refractivity contribution is 5.94. The Morgan fingerprint density at radius 3 is 2.11 bits per heavy atom. The monoisotopic (exact) mass is 529 g/mol. The number of hydrogen-bond acceptors (Lipinski definition) is 5. The molecule has 9 heteroatoms. The second-order valence-corrected chi connectivity index (χ2v) is 9.04. The van der Waals surface area contributed by atoms with E-state index in [1.807, 2.05) is 51.1 Å². The molecule has 1 atom stereocenters. The maximum atomic E-state index is 12.4. The van der Waals surface area contributed by atoms with Crippen molar-refractivity contribution in [2.75, 3.05) is 13.7 Å². The van der Waals surface area contributed by atoms with Gasteiger partial charge >= 0.3 is 12.3 Å². The molecule has 1 amide bonds. The quantitative estimate of drug-likeness (QED) is 0.299. The van der Waals surface area contributed by atoms with E-state index in [2.05, 4.69) is 14.8 Å². The zero-order valence-corrected chi connectivity index (χ0v) is 21.6. The molecule has 38 heavy (non-hydrogen) atoms. The summed E-state index contributed by atoms with van der Waals surface area (Å²) < 4.78 is 52.1. The van der Waals surface area contributed by atoms with Crippen molar-refractivity contribution in [2.24, 2.45) is 5.92 Å². The van der Waals surface area contributed by atoms with E-state index >= 15 is 0 Å². The highest BCUT2D eigenvalue weighted by Crippen LogP contribution is 2.33. The number of methoxy groups -OCH3 is 1. The second-order valence-electron chi connectivity index (χ2n) is 9.04. The summed E-state index contributed by atoms with van der Waals surface area (Å²) >= 11 is 0. The summed E-state index contributed by atoms with van der Waals surface area (Å²) in [7, 11) is 1.30. The third-order valence-electron chi connectivity index (χ3n) is 5.81. The summed E-state index contributed by atoms with van der Waals surface area (Å²) in [4.78, 5) is 23.5. The molecule has 0 saturated heterocycles. The van der Waals surface area contributed by atoms with E-state index in [0.29, 0.717) is 11.3 Å². The van der Waals surface area contributed by atoms with Crippen molar-refractivity contribution < 1.29 is 37.0 Å². The van der Waals surface area contributed by atoms with Crippen LogP contribution < -0.4 is 14.8 Å². The van der Waals surface area contributed by atoms with Crippen LogP contribution in [0.3, 0.4) is 0 Å². The minimum Gasteiger partial charge on any atom is -0.485 e. The number of ether oxygens (including phenoxy) is 3. The Kier molecular flexibility index (Phi) is 9.39. The van der Waals surface area contributed by atoms with E-state index in [4.69, 9.17) is 4.74 Å². The fraction of sp³-hybridized carbons (Fsp3) is 0.310. The molecule has 1 N–H and O–H groups in total. The van der Waals surface area contributed by atoms with Gasteiger partial charge in [-0.2, -0.15) is 0 Å². The Morgan fingerprint density at radius 2 is 1.55 bits per heavy atom. The highest BCUT2D eigenvalue weighted by atomic mass is 19.4. The molecule has 0 aliphatic rings. The van der Waals surface area contributed by atoms with Gasteiger partial charge in [-0.15, -0.1) is 13.2 Å². The first kappa shape index (κ1) is 28.6.